The van der Waals surface area contributed by atoms with Gasteiger partial charge in [-0.2, -0.15) is 0 Å². The first-order chi connectivity index (χ1) is 13.5. The van der Waals surface area contributed by atoms with E-state index in [9.17, 15) is 8.42 Å². The third-order valence-electron chi connectivity index (χ3n) is 4.93. The second kappa shape index (κ2) is 11.1. The maximum Gasteiger partial charge on any atom is 0.208 e. The summed E-state index contributed by atoms with van der Waals surface area (Å²) in [5, 5.41) is 5.84. The first-order valence-electron chi connectivity index (χ1n) is 9.55. The first kappa shape index (κ1) is 23.8. The third kappa shape index (κ3) is 7.09. The fraction of sp³-hybridized carbons (Fsp3) is 0.450. The number of rotatable bonds is 6. The minimum absolute atomic E-state index is 0. The van der Waals surface area contributed by atoms with E-state index in [0.717, 1.165) is 44.9 Å². The van der Waals surface area contributed by atoms with Crippen LogP contribution in [-0.4, -0.2) is 76.7 Å². The maximum absolute atomic E-state index is 11.1. The van der Waals surface area contributed by atoms with E-state index >= 15 is 0 Å². The number of hydrogen-bond donors (Lipinski definition) is 2. The standard InChI is InChI=1S/C20H29N5O2S.HI/c1-21-20(22-10-11-23-28(2,26)27)25-14-12-24(13-15-25)16-18-8-5-7-17-6-3-4-9-19(17)18;/h3-9,23H,10-16H2,1-2H3,(H,21,22);1H. The second-order valence-electron chi connectivity index (χ2n) is 7.04. The van der Waals surface area contributed by atoms with Crippen LogP contribution >= 0.6 is 24.0 Å². The van der Waals surface area contributed by atoms with Crippen LogP contribution < -0.4 is 10.0 Å². The average Bonchev–Trinajstić information content (AvgIpc) is 2.68. The predicted octanol–water partition coefficient (Wildman–Crippen LogP) is 1.70. The molecule has 0 atom stereocenters. The fourth-order valence-electron chi connectivity index (χ4n) is 3.53. The van der Waals surface area contributed by atoms with Crippen LogP contribution in [0.25, 0.3) is 10.8 Å². The van der Waals surface area contributed by atoms with Crippen molar-refractivity contribution < 1.29 is 8.42 Å². The number of benzene rings is 2. The van der Waals surface area contributed by atoms with E-state index in [-0.39, 0.29) is 24.0 Å². The molecule has 0 amide bonds. The fourth-order valence-corrected chi connectivity index (χ4v) is 4.00. The number of guanidine groups is 1. The lowest BCUT2D eigenvalue weighted by molar-refractivity contribution is 0.173. The molecule has 1 fully saturated rings. The Morgan fingerprint density at radius 1 is 1.03 bits per heavy atom. The van der Waals surface area contributed by atoms with Gasteiger partial charge in [0.25, 0.3) is 0 Å². The summed E-state index contributed by atoms with van der Waals surface area (Å²) in [6, 6.07) is 15.0. The summed E-state index contributed by atoms with van der Waals surface area (Å²) in [6.07, 6.45) is 1.16. The van der Waals surface area contributed by atoms with E-state index in [2.05, 4.69) is 67.3 Å². The molecule has 0 saturated carbocycles. The first-order valence-corrected chi connectivity index (χ1v) is 11.4. The Labute approximate surface area is 190 Å². The second-order valence-corrected chi connectivity index (χ2v) is 8.87. The van der Waals surface area contributed by atoms with Crippen LogP contribution in [0.2, 0.25) is 0 Å². The number of aliphatic imine (C=N–C) groups is 1. The van der Waals surface area contributed by atoms with Crippen molar-refractivity contribution in [1.82, 2.24) is 19.8 Å². The zero-order valence-corrected chi connectivity index (χ0v) is 20.1. The summed E-state index contributed by atoms with van der Waals surface area (Å²) in [4.78, 5) is 9.02. The molecule has 29 heavy (non-hydrogen) atoms. The smallest absolute Gasteiger partial charge is 0.208 e. The van der Waals surface area contributed by atoms with Crippen LogP contribution in [0.15, 0.2) is 47.5 Å². The van der Waals surface area contributed by atoms with Gasteiger partial charge >= 0.3 is 0 Å². The molecule has 0 aromatic heterocycles. The van der Waals surface area contributed by atoms with Crippen LogP contribution in [0.5, 0.6) is 0 Å². The molecule has 1 saturated heterocycles. The zero-order valence-electron chi connectivity index (χ0n) is 17.0. The normalized spacial score (nSPS) is 15.9. The number of nitrogens with zero attached hydrogens (tertiary/aromatic N) is 3. The highest BCUT2D eigenvalue weighted by atomic mass is 127. The molecule has 1 aliphatic heterocycles. The molecule has 7 nitrogen and oxygen atoms in total. The molecule has 2 N–H and O–H groups in total. The summed E-state index contributed by atoms with van der Waals surface area (Å²) in [5.41, 5.74) is 1.36. The van der Waals surface area contributed by atoms with E-state index in [1.807, 2.05) is 0 Å². The quantitative estimate of drug-likeness (QED) is 0.257. The summed E-state index contributed by atoms with van der Waals surface area (Å²) in [5.74, 6) is 0.820. The number of piperazine rings is 1. The Kier molecular flexibility index (Phi) is 9.12. The van der Waals surface area contributed by atoms with E-state index in [1.165, 1.54) is 16.3 Å². The van der Waals surface area contributed by atoms with Crippen LogP contribution in [-0.2, 0) is 16.6 Å². The molecule has 0 bridgehead atoms. The van der Waals surface area contributed by atoms with Crippen molar-refractivity contribution >= 4 is 50.7 Å². The van der Waals surface area contributed by atoms with E-state index in [0.29, 0.717) is 13.1 Å². The van der Waals surface area contributed by atoms with Crippen molar-refractivity contribution in [3.8, 4) is 0 Å². The van der Waals surface area contributed by atoms with Gasteiger partial charge in [-0.15, -0.1) is 24.0 Å². The van der Waals surface area contributed by atoms with Crippen LogP contribution in [0.3, 0.4) is 0 Å². The monoisotopic (exact) mass is 531 g/mol. The highest BCUT2D eigenvalue weighted by Gasteiger charge is 2.20. The zero-order chi connectivity index (χ0) is 20.0. The minimum Gasteiger partial charge on any atom is -0.355 e. The van der Waals surface area contributed by atoms with Crippen molar-refractivity contribution in [2.45, 2.75) is 6.54 Å². The average molecular weight is 531 g/mol. The van der Waals surface area contributed by atoms with Gasteiger partial charge in [-0.3, -0.25) is 9.89 Å². The van der Waals surface area contributed by atoms with Crippen LogP contribution in [0.1, 0.15) is 5.56 Å². The van der Waals surface area contributed by atoms with Gasteiger partial charge in [-0.25, -0.2) is 13.1 Å². The Balaban J connectivity index is 0.00000300. The van der Waals surface area contributed by atoms with Crippen molar-refractivity contribution in [3.63, 3.8) is 0 Å². The molecule has 0 unspecified atom stereocenters. The lowest BCUT2D eigenvalue weighted by Gasteiger charge is -2.36. The van der Waals surface area contributed by atoms with Gasteiger partial charge in [0.1, 0.15) is 0 Å². The molecular formula is C20H30IN5O2S. The Morgan fingerprint density at radius 2 is 1.72 bits per heavy atom. The van der Waals surface area contributed by atoms with E-state index < -0.39 is 10.0 Å². The molecule has 0 spiro atoms. The number of fused-ring (bicyclic) bond motifs is 1. The summed E-state index contributed by atoms with van der Waals surface area (Å²) in [6.45, 7) is 5.51. The third-order valence-corrected chi connectivity index (χ3v) is 5.66. The minimum atomic E-state index is -3.16. The van der Waals surface area contributed by atoms with Crippen molar-refractivity contribution in [1.29, 1.82) is 0 Å². The largest absolute Gasteiger partial charge is 0.355 e. The molecule has 0 aliphatic carbocycles. The lowest BCUT2D eigenvalue weighted by atomic mass is 10.0. The molecule has 1 aliphatic rings. The van der Waals surface area contributed by atoms with Crippen molar-refractivity contribution in [2.75, 3.05) is 52.6 Å². The van der Waals surface area contributed by atoms with E-state index in [1.54, 1.807) is 7.05 Å². The lowest BCUT2D eigenvalue weighted by Crippen LogP contribution is -2.52. The molecule has 2 aromatic rings. The molecule has 160 valence electrons. The predicted molar refractivity (Wildman–Crippen MR) is 130 cm³/mol. The number of sulfonamides is 1. The van der Waals surface area contributed by atoms with Crippen molar-refractivity contribution in [2.24, 2.45) is 4.99 Å². The maximum atomic E-state index is 11.1. The molecule has 3 rings (SSSR count). The summed E-state index contributed by atoms with van der Waals surface area (Å²) < 4.78 is 24.7. The van der Waals surface area contributed by atoms with Crippen LogP contribution in [0, 0.1) is 0 Å². The van der Waals surface area contributed by atoms with Gasteiger partial charge in [-0.1, -0.05) is 42.5 Å². The SMILES string of the molecule is CN=C(NCCNS(C)(=O)=O)N1CCN(Cc2cccc3ccccc23)CC1.I. The highest BCUT2D eigenvalue weighted by molar-refractivity contribution is 14.0. The molecule has 9 heteroatoms. The van der Waals surface area contributed by atoms with Gasteiger partial charge in [0.2, 0.25) is 10.0 Å². The Hall–Kier alpha value is -1.43. The topological polar surface area (TPSA) is 77.0 Å². The van der Waals surface area contributed by atoms with Gasteiger partial charge in [0.05, 0.1) is 6.26 Å². The molecule has 2 aromatic carbocycles. The van der Waals surface area contributed by atoms with Gasteiger partial charge in [0.15, 0.2) is 5.96 Å². The summed E-state index contributed by atoms with van der Waals surface area (Å²) >= 11 is 0. The number of hydrogen-bond acceptors (Lipinski definition) is 4. The molecule has 1 heterocycles. The van der Waals surface area contributed by atoms with E-state index in [4.69, 9.17) is 0 Å². The van der Waals surface area contributed by atoms with Gasteiger partial charge < -0.3 is 10.2 Å². The summed E-state index contributed by atoms with van der Waals surface area (Å²) in [7, 11) is -1.40. The Bertz CT molecular complexity index is 922. The van der Waals surface area contributed by atoms with Crippen molar-refractivity contribution in [3.05, 3.63) is 48.0 Å². The molecule has 0 radical (unpaired) electrons. The van der Waals surface area contributed by atoms with Crippen LogP contribution in [0.4, 0.5) is 0 Å². The molecular weight excluding hydrogens is 501 g/mol. The van der Waals surface area contributed by atoms with Gasteiger partial charge in [-0.05, 0) is 16.3 Å². The number of nitrogens with one attached hydrogen (secondary N) is 2. The number of halogens is 1. The highest BCUT2D eigenvalue weighted by Crippen LogP contribution is 2.20. The van der Waals surface area contributed by atoms with Gasteiger partial charge in [0, 0.05) is 52.9 Å². The Morgan fingerprint density at radius 3 is 2.41 bits per heavy atom.